The van der Waals surface area contributed by atoms with Gasteiger partial charge in [0.15, 0.2) is 0 Å². The number of hydrogen-bond donors (Lipinski definition) is 1. The summed E-state index contributed by atoms with van der Waals surface area (Å²) in [5, 5.41) is 0. The molecule has 2 fully saturated rings. The van der Waals surface area contributed by atoms with Crippen LogP contribution in [0.1, 0.15) is 33.1 Å². The molecule has 2 aliphatic carbocycles. The molecule has 6 heteroatoms. The highest BCUT2D eigenvalue weighted by molar-refractivity contribution is 7.95. The number of carbonyl (C=O) groups excluding carboxylic acids is 1. The molecule has 2 saturated carbocycles. The van der Waals surface area contributed by atoms with E-state index in [9.17, 15) is 13.2 Å². The van der Waals surface area contributed by atoms with E-state index in [1.54, 1.807) is 0 Å². The molecule has 92 valence electrons. The van der Waals surface area contributed by atoms with Crippen LogP contribution < -0.4 is 0 Å². The summed E-state index contributed by atoms with van der Waals surface area (Å²) in [6.07, 6.45) is 2.09. The van der Waals surface area contributed by atoms with Gasteiger partial charge in [-0.15, -0.1) is 0 Å². The van der Waals surface area contributed by atoms with Crippen molar-refractivity contribution in [1.82, 2.24) is 0 Å². The van der Waals surface area contributed by atoms with Crippen LogP contribution in [0.4, 0.5) is 0 Å². The standard InChI is InChI=1S/C10H16O4S2/c1-9(2)7-3-4-10(9,8(11)5-7)6-16(12,13)14-15/h7,15H,3-6H2,1-2H3. The van der Waals surface area contributed by atoms with Gasteiger partial charge in [0.2, 0.25) is 0 Å². The Kier molecular flexibility index (Phi) is 2.68. The monoisotopic (exact) mass is 264 g/mol. The third-order valence-corrected chi connectivity index (χ3v) is 6.43. The molecule has 2 unspecified atom stereocenters. The lowest BCUT2D eigenvalue weighted by atomic mass is 9.70. The Balaban J connectivity index is 2.40. The molecule has 0 aliphatic heterocycles. The average molecular weight is 264 g/mol. The van der Waals surface area contributed by atoms with Crippen molar-refractivity contribution in [2.45, 2.75) is 33.1 Å². The van der Waals surface area contributed by atoms with Gasteiger partial charge in [0.05, 0.1) is 11.2 Å². The summed E-state index contributed by atoms with van der Waals surface area (Å²) < 4.78 is 27.2. The minimum absolute atomic E-state index is 0.0720. The molecular formula is C10H16O4S2. The second-order valence-electron chi connectivity index (χ2n) is 5.44. The van der Waals surface area contributed by atoms with Crippen molar-refractivity contribution in [2.75, 3.05) is 5.75 Å². The number of fused-ring (bicyclic) bond motifs is 2. The highest BCUT2D eigenvalue weighted by Gasteiger charge is 2.65. The number of Topliss-reactive ketones (excluding diaryl/α,β-unsaturated/α-hetero) is 1. The summed E-state index contributed by atoms with van der Waals surface area (Å²) in [5.74, 6) is 0.157. The molecule has 0 spiro atoms. The van der Waals surface area contributed by atoms with Crippen LogP contribution in [0.2, 0.25) is 0 Å². The summed E-state index contributed by atoms with van der Waals surface area (Å²) in [4.78, 5) is 12.0. The van der Waals surface area contributed by atoms with E-state index in [2.05, 4.69) is 16.5 Å². The second-order valence-corrected chi connectivity index (χ2v) is 7.44. The van der Waals surface area contributed by atoms with E-state index in [-0.39, 0.29) is 17.0 Å². The van der Waals surface area contributed by atoms with Gasteiger partial charge in [0, 0.05) is 6.42 Å². The Hall–Kier alpha value is -0.0700. The maximum Gasteiger partial charge on any atom is 0.278 e. The third kappa shape index (κ3) is 1.46. The fourth-order valence-corrected chi connectivity index (χ4v) is 4.93. The zero-order valence-electron chi connectivity index (χ0n) is 9.39. The van der Waals surface area contributed by atoms with Gasteiger partial charge in [-0.2, -0.15) is 8.42 Å². The Morgan fingerprint density at radius 3 is 2.50 bits per heavy atom. The quantitative estimate of drug-likeness (QED) is 0.621. The molecule has 0 aromatic carbocycles. The summed E-state index contributed by atoms with van der Waals surface area (Å²) in [5.41, 5.74) is -0.997. The molecule has 4 nitrogen and oxygen atoms in total. The SMILES string of the molecule is CC1(C)C2CCC1(CS(=O)(=O)OS)C(=O)C2. The average Bonchev–Trinajstić information content (AvgIpc) is 2.51. The lowest BCUT2D eigenvalue weighted by Gasteiger charge is -2.35. The first-order valence-corrected chi connectivity index (χ1v) is 7.28. The molecule has 0 radical (unpaired) electrons. The fraction of sp³-hybridized carbons (Fsp3) is 0.900. The molecule has 2 bridgehead atoms. The van der Waals surface area contributed by atoms with E-state index in [0.717, 1.165) is 6.42 Å². The second kappa shape index (κ2) is 3.46. The van der Waals surface area contributed by atoms with Crippen LogP contribution in [-0.4, -0.2) is 20.0 Å². The van der Waals surface area contributed by atoms with E-state index < -0.39 is 15.5 Å². The first-order valence-electron chi connectivity index (χ1n) is 5.34. The number of ketones is 1. The summed E-state index contributed by atoms with van der Waals surface area (Å²) in [6.45, 7) is 3.98. The molecule has 0 heterocycles. The number of hydrogen-bond acceptors (Lipinski definition) is 5. The Bertz CT molecular complexity index is 426. The van der Waals surface area contributed by atoms with E-state index in [4.69, 9.17) is 0 Å². The molecule has 16 heavy (non-hydrogen) atoms. The Morgan fingerprint density at radius 2 is 2.12 bits per heavy atom. The molecule has 2 aliphatic rings. The van der Waals surface area contributed by atoms with Gasteiger partial charge in [-0.25, -0.2) is 3.63 Å². The van der Waals surface area contributed by atoms with Gasteiger partial charge >= 0.3 is 0 Å². The Morgan fingerprint density at radius 1 is 1.50 bits per heavy atom. The minimum atomic E-state index is -3.71. The van der Waals surface area contributed by atoms with E-state index in [0.29, 0.717) is 18.8 Å². The van der Waals surface area contributed by atoms with Gasteiger partial charge in [-0.05, 0) is 37.1 Å². The first kappa shape index (κ1) is 12.4. The molecule has 0 aromatic rings. The van der Waals surface area contributed by atoms with Crippen LogP contribution in [0.15, 0.2) is 0 Å². The van der Waals surface area contributed by atoms with Gasteiger partial charge in [-0.3, -0.25) is 4.79 Å². The Labute approximate surface area is 101 Å². The predicted molar refractivity (Wildman–Crippen MR) is 62.4 cm³/mol. The van der Waals surface area contributed by atoms with Crippen LogP contribution in [0.5, 0.6) is 0 Å². The largest absolute Gasteiger partial charge is 0.299 e. The fourth-order valence-electron chi connectivity index (χ4n) is 3.44. The van der Waals surface area contributed by atoms with Crippen LogP contribution in [0.3, 0.4) is 0 Å². The zero-order valence-corrected chi connectivity index (χ0v) is 11.1. The predicted octanol–water partition coefficient (Wildman–Crippen LogP) is 1.57. The highest BCUT2D eigenvalue weighted by atomic mass is 32.3. The summed E-state index contributed by atoms with van der Waals surface area (Å²) in [7, 11) is -3.71. The van der Waals surface area contributed by atoms with Gasteiger partial charge in [0.25, 0.3) is 10.1 Å². The summed E-state index contributed by atoms with van der Waals surface area (Å²) in [6, 6.07) is 0. The van der Waals surface area contributed by atoms with Crippen molar-refractivity contribution >= 4 is 28.8 Å². The van der Waals surface area contributed by atoms with E-state index >= 15 is 0 Å². The molecular weight excluding hydrogens is 248 g/mol. The van der Waals surface area contributed by atoms with Crippen molar-refractivity contribution in [3.8, 4) is 0 Å². The number of thiol groups is 1. The van der Waals surface area contributed by atoms with Crippen molar-refractivity contribution < 1.29 is 16.8 Å². The topological polar surface area (TPSA) is 60.4 Å². The van der Waals surface area contributed by atoms with Crippen LogP contribution in [-0.2, 0) is 18.5 Å². The molecule has 0 N–H and O–H groups in total. The molecule has 0 saturated heterocycles. The van der Waals surface area contributed by atoms with Crippen LogP contribution in [0, 0.1) is 16.7 Å². The molecule has 0 aromatic heterocycles. The van der Waals surface area contributed by atoms with Crippen molar-refractivity contribution in [2.24, 2.45) is 16.7 Å². The summed E-state index contributed by atoms with van der Waals surface area (Å²) >= 11 is 3.35. The number of rotatable bonds is 3. The van der Waals surface area contributed by atoms with Crippen molar-refractivity contribution in [1.29, 1.82) is 0 Å². The van der Waals surface area contributed by atoms with Gasteiger partial charge < -0.3 is 0 Å². The normalized spacial score (nSPS) is 36.9. The molecule has 2 atom stereocenters. The third-order valence-electron chi connectivity index (χ3n) is 4.68. The van der Waals surface area contributed by atoms with Gasteiger partial charge in [-0.1, -0.05) is 13.8 Å². The highest BCUT2D eigenvalue weighted by Crippen LogP contribution is 2.64. The van der Waals surface area contributed by atoms with Crippen molar-refractivity contribution in [3.05, 3.63) is 0 Å². The minimum Gasteiger partial charge on any atom is -0.299 e. The van der Waals surface area contributed by atoms with E-state index in [1.807, 2.05) is 13.8 Å². The lowest BCUT2D eigenvalue weighted by molar-refractivity contribution is -0.128. The van der Waals surface area contributed by atoms with Crippen LogP contribution >= 0.6 is 12.9 Å². The van der Waals surface area contributed by atoms with Crippen molar-refractivity contribution in [3.63, 3.8) is 0 Å². The smallest absolute Gasteiger partial charge is 0.278 e. The van der Waals surface area contributed by atoms with Gasteiger partial charge in [0.1, 0.15) is 5.78 Å². The lowest BCUT2D eigenvalue weighted by Crippen LogP contribution is -2.42. The number of carbonyl (C=O) groups is 1. The maximum absolute atomic E-state index is 12.0. The maximum atomic E-state index is 12.0. The van der Waals surface area contributed by atoms with E-state index in [1.165, 1.54) is 0 Å². The zero-order chi connectivity index (χ0) is 12.2. The van der Waals surface area contributed by atoms with Crippen LogP contribution in [0.25, 0.3) is 0 Å². The molecule has 0 amide bonds. The molecule has 2 rings (SSSR count). The first-order chi connectivity index (χ1) is 7.25.